The van der Waals surface area contributed by atoms with Crippen LogP contribution in [0.15, 0.2) is 83.8 Å². The van der Waals surface area contributed by atoms with Gasteiger partial charge in [0.25, 0.3) is 5.91 Å². The smallest absolute Gasteiger partial charge is 0.272 e. The zero-order chi connectivity index (χ0) is 22.4. The number of carbonyl (C=O) groups excluding carboxylic acids is 1. The van der Waals surface area contributed by atoms with Gasteiger partial charge in [-0.1, -0.05) is 48.5 Å². The number of nitrogens with zero attached hydrogens (tertiary/aromatic N) is 1. The van der Waals surface area contributed by atoms with Crippen molar-refractivity contribution in [1.29, 1.82) is 0 Å². The maximum absolute atomic E-state index is 14.5. The number of carbonyl (C=O) groups is 1. The van der Waals surface area contributed by atoms with Gasteiger partial charge in [0, 0.05) is 6.04 Å². The first-order valence-electron chi connectivity index (χ1n) is 9.75. The molecule has 0 atom stereocenters. The number of hydrazine groups is 1. The van der Waals surface area contributed by atoms with Crippen molar-refractivity contribution in [2.24, 2.45) is 0 Å². The quantitative estimate of drug-likeness (QED) is 0.521. The molecule has 2 N–H and O–H groups in total. The van der Waals surface area contributed by atoms with Gasteiger partial charge < -0.3 is 0 Å². The normalized spacial score (nSPS) is 11.4. The fourth-order valence-electron chi connectivity index (χ4n) is 2.98. The number of halogens is 1. The summed E-state index contributed by atoms with van der Waals surface area (Å²) in [6.45, 7) is 3.69. The summed E-state index contributed by atoms with van der Waals surface area (Å²) in [5, 5.41) is 1.59. The van der Waals surface area contributed by atoms with Crippen LogP contribution in [-0.4, -0.2) is 20.4 Å². The van der Waals surface area contributed by atoms with E-state index in [0.717, 1.165) is 23.8 Å². The van der Waals surface area contributed by atoms with Crippen molar-refractivity contribution in [2.75, 3.05) is 5.01 Å². The molecule has 0 unspecified atom stereocenters. The highest BCUT2D eigenvalue weighted by Gasteiger charge is 2.21. The Kier molecular flexibility index (Phi) is 7.04. The molecular formula is C23H24FN3O3S. The van der Waals surface area contributed by atoms with E-state index in [-0.39, 0.29) is 16.5 Å². The number of sulfonamides is 1. The highest BCUT2D eigenvalue weighted by atomic mass is 32.2. The van der Waals surface area contributed by atoms with Gasteiger partial charge in [-0.15, -0.1) is 0 Å². The Balaban J connectivity index is 1.90. The summed E-state index contributed by atoms with van der Waals surface area (Å²) >= 11 is 0. The summed E-state index contributed by atoms with van der Waals surface area (Å²) in [5.41, 5.74) is 3.97. The van der Waals surface area contributed by atoms with Gasteiger partial charge in [-0.05, 0) is 49.7 Å². The molecule has 3 aromatic carbocycles. The topological polar surface area (TPSA) is 78.5 Å². The predicted octanol–water partition coefficient (Wildman–Crippen LogP) is 3.86. The van der Waals surface area contributed by atoms with Gasteiger partial charge in [-0.2, -0.15) is 0 Å². The summed E-state index contributed by atoms with van der Waals surface area (Å²) in [5.74, 6) is -1.56. The summed E-state index contributed by atoms with van der Waals surface area (Å²) in [7, 11) is -3.87. The highest BCUT2D eigenvalue weighted by Crippen LogP contribution is 2.18. The predicted molar refractivity (Wildman–Crippen MR) is 118 cm³/mol. The molecule has 0 aliphatic heterocycles. The van der Waals surface area contributed by atoms with Crippen LogP contribution >= 0.6 is 0 Å². The lowest BCUT2D eigenvalue weighted by atomic mass is 10.2. The maximum atomic E-state index is 14.5. The fraction of sp³-hybridized carbons (Fsp3) is 0.174. The fourth-order valence-corrected chi connectivity index (χ4v) is 4.25. The number of para-hydroxylation sites is 1. The third-order valence-corrected chi connectivity index (χ3v) is 6.03. The van der Waals surface area contributed by atoms with Crippen molar-refractivity contribution < 1.29 is 17.6 Å². The maximum Gasteiger partial charge on any atom is 0.272 e. The molecular weight excluding hydrogens is 417 g/mol. The molecule has 0 aliphatic rings. The van der Waals surface area contributed by atoms with E-state index in [2.05, 4.69) is 10.1 Å². The molecule has 0 spiro atoms. The van der Waals surface area contributed by atoms with E-state index in [1.807, 2.05) is 60.7 Å². The van der Waals surface area contributed by atoms with E-state index in [0.29, 0.717) is 12.2 Å². The minimum atomic E-state index is -3.87. The number of hydrogen-bond acceptors (Lipinski definition) is 4. The molecule has 0 heterocycles. The molecule has 8 heteroatoms. The Bertz CT molecular complexity index is 1140. The largest absolute Gasteiger partial charge is 0.281 e. The molecule has 31 heavy (non-hydrogen) atoms. The standard InChI is InChI=1S/C23H24FN3O3S/c1-17(2)26-31(29,30)20-13-14-22(24)21(15-20)23(28)25-27(19-11-7-4-8-12-19)16-18-9-5-3-6-10-18/h3-15,17,26H,16H2,1-2H3,(H,25,28). The van der Waals surface area contributed by atoms with E-state index in [1.165, 1.54) is 0 Å². The van der Waals surface area contributed by atoms with Crippen LogP contribution in [-0.2, 0) is 16.6 Å². The van der Waals surface area contributed by atoms with Crippen molar-refractivity contribution in [1.82, 2.24) is 10.1 Å². The summed E-state index contributed by atoms with van der Waals surface area (Å²) in [6.07, 6.45) is 0. The molecule has 0 fully saturated rings. The second-order valence-corrected chi connectivity index (χ2v) is 8.98. The average Bonchev–Trinajstić information content (AvgIpc) is 2.74. The van der Waals surface area contributed by atoms with E-state index < -0.39 is 21.7 Å². The molecule has 0 bridgehead atoms. The molecule has 0 aliphatic carbocycles. The number of nitrogens with one attached hydrogen (secondary N) is 2. The van der Waals surface area contributed by atoms with Crippen LogP contribution < -0.4 is 15.2 Å². The SMILES string of the molecule is CC(C)NS(=O)(=O)c1ccc(F)c(C(=O)NN(Cc2ccccc2)c2ccccc2)c1. The lowest BCUT2D eigenvalue weighted by Gasteiger charge is -2.26. The number of amides is 1. The van der Waals surface area contributed by atoms with Crippen molar-refractivity contribution >= 4 is 21.6 Å². The van der Waals surface area contributed by atoms with Crippen LogP contribution in [0.5, 0.6) is 0 Å². The zero-order valence-electron chi connectivity index (χ0n) is 17.2. The Morgan fingerprint density at radius 2 is 1.58 bits per heavy atom. The van der Waals surface area contributed by atoms with Crippen molar-refractivity contribution in [3.8, 4) is 0 Å². The monoisotopic (exact) mass is 441 g/mol. The van der Waals surface area contributed by atoms with Crippen LogP contribution in [0.4, 0.5) is 10.1 Å². The second kappa shape index (κ2) is 9.72. The van der Waals surface area contributed by atoms with Gasteiger partial charge in [0.15, 0.2) is 0 Å². The van der Waals surface area contributed by atoms with Gasteiger partial charge in [0.05, 0.1) is 22.7 Å². The van der Waals surface area contributed by atoms with Crippen LogP contribution in [0.2, 0.25) is 0 Å². The summed E-state index contributed by atoms with van der Waals surface area (Å²) in [4.78, 5) is 12.8. The third kappa shape index (κ3) is 5.90. The lowest BCUT2D eigenvalue weighted by Crippen LogP contribution is -2.42. The van der Waals surface area contributed by atoms with Gasteiger partial charge in [0.1, 0.15) is 5.82 Å². The Hall–Kier alpha value is -3.23. The van der Waals surface area contributed by atoms with Crippen molar-refractivity contribution in [3.63, 3.8) is 0 Å². The highest BCUT2D eigenvalue weighted by molar-refractivity contribution is 7.89. The molecule has 0 saturated heterocycles. The lowest BCUT2D eigenvalue weighted by molar-refractivity contribution is 0.0944. The van der Waals surface area contributed by atoms with Gasteiger partial charge >= 0.3 is 0 Å². The molecule has 3 aromatic rings. The molecule has 6 nitrogen and oxygen atoms in total. The minimum absolute atomic E-state index is 0.179. The molecule has 0 aromatic heterocycles. The Morgan fingerprint density at radius 1 is 0.968 bits per heavy atom. The van der Waals surface area contributed by atoms with E-state index in [1.54, 1.807) is 18.9 Å². The third-order valence-electron chi connectivity index (χ3n) is 4.37. The zero-order valence-corrected chi connectivity index (χ0v) is 18.1. The van der Waals surface area contributed by atoms with Crippen LogP contribution in [0.25, 0.3) is 0 Å². The Morgan fingerprint density at radius 3 is 2.19 bits per heavy atom. The van der Waals surface area contributed by atoms with Crippen molar-refractivity contribution in [2.45, 2.75) is 31.3 Å². The average molecular weight is 442 g/mol. The van der Waals surface area contributed by atoms with E-state index in [4.69, 9.17) is 0 Å². The van der Waals surface area contributed by atoms with Crippen LogP contribution in [0.3, 0.4) is 0 Å². The minimum Gasteiger partial charge on any atom is -0.281 e. The number of anilines is 1. The second-order valence-electron chi connectivity index (χ2n) is 7.27. The molecule has 162 valence electrons. The summed E-state index contributed by atoms with van der Waals surface area (Å²) in [6, 6.07) is 21.4. The van der Waals surface area contributed by atoms with Crippen LogP contribution in [0, 0.1) is 5.82 Å². The first kappa shape index (κ1) is 22.5. The first-order valence-corrected chi connectivity index (χ1v) is 11.2. The van der Waals surface area contributed by atoms with Gasteiger partial charge in [0.2, 0.25) is 10.0 Å². The summed E-state index contributed by atoms with van der Waals surface area (Å²) < 4.78 is 41.8. The first-order chi connectivity index (χ1) is 14.8. The van der Waals surface area contributed by atoms with Crippen molar-refractivity contribution in [3.05, 3.63) is 95.8 Å². The van der Waals surface area contributed by atoms with Crippen LogP contribution in [0.1, 0.15) is 29.8 Å². The molecule has 0 radical (unpaired) electrons. The van der Waals surface area contributed by atoms with Gasteiger partial charge in [-0.25, -0.2) is 17.5 Å². The van der Waals surface area contributed by atoms with E-state index >= 15 is 0 Å². The molecule has 3 rings (SSSR count). The molecule has 0 saturated carbocycles. The molecule has 1 amide bonds. The van der Waals surface area contributed by atoms with E-state index in [9.17, 15) is 17.6 Å². The number of benzene rings is 3. The van der Waals surface area contributed by atoms with Gasteiger partial charge in [-0.3, -0.25) is 15.2 Å². The number of rotatable bonds is 8. The number of hydrogen-bond donors (Lipinski definition) is 2. The Labute approximate surface area is 181 Å².